The molecule has 1 aromatic carbocycles. The number of aryl methyl sites for hydroxylation is 1. The van der Waals surface area contributed by atoms with Gasteiger partial charge >= 0.3 is 0 Å². The summed E-state index contributed by atoms with van der Waals surface area (Å²) in [5, 5.41) is 1.23. The fourth-order valence-corrected chi connectivity index (χ4v) is 2.07. The van der Waals surface area contributed by atoms with Gasteiger partial charge in [0.25, 0.3) is 0 Å². The molecule has 0 radical (unpaired) electrons. The molecule has 80 valence electrons. The second-order valence-electron chi connectivity index (χ2n) is 3.78. The van der Waals surface area contributed by atoms with E-state index < -0.39 is 0 Å². The fraction of sp³-hybridized carbons (Fsp3) is 0.154. The first kappa shape index (κ1) is 9.21. The summed E-state index contributed by atoms with van der Waals surface area (Å²) in [6.07, 6.45) is 5.89. The van der Waals surface area contributed by atoms with E-state index in [2.05, 4.69) is 39.7 Å². The van der Waals surface area contributed by atoms with Crippen LogP contribution in [0.1, 0.15) is 6.92 Å². The summed E-state index contributed by atoms with van der Waals surface area (Å²) in [6, 6.07) is 8.29. The van der Waals surface area contributed by atoms with Crippen LogP contribution < -0.4 is 0 Å². The number of para-hydroxylation sites is 1. The van der Waals surface area contributed by atoms with E-state index in [0.717, 1.165) is 17.9 Å². The van der Waals surface area contributed by atoms with Gasteiger partial charge in [0.1, 0.15) is 5.82 Å². The first-order chi connectivity index (χ1) is 7.90. The van der Waals surface area contributed by atoms with Crippen molar-refractivity contribution < 1.29 is 0 Å². The van der Waals surface area contributed by atoms with Gasteiger partial charge in [-0.25, -0.2) is 4.98 Å². The van der Waals surface area contributed by atoms with Gasteiger partial charge in [-0.2, -0.15) is 0 Å². The lowest BCUT2D eigenvalue weighted by Gasteiger charge is -2.02. The zero-order valence-corrected chi connectivity index (χ0v) is 9.14. The van der Waals surface area contributed by atoms with Gasteiger partial charge in [-0.15, -0.1) is 0 Å². The lowest BCUT2D eigenvalue weighted by Crippen LogP contribution is -1.95. The van der Waals surface area contributed by atoms with Crippen molar-refractivity contribution in [2.75, 3.05) is 0 Å². The minimum absolute atomic E-state index is 0.939. The van der Waals surface area contributed by atoms with Gasteiger partial charge < -0.3 is 9.55 Å². The van der Waals surface area contributed by atoms with Crippen LogP contribution in [-0.4, -0.2) is 14.5 Å². The van der Waals surface area contributed by atoms with Crippen LogP contribution in [0.15, 0.2) is 42.9 Å². The standard InChI is InChI=1S/C13H13N3/c1-2-16-8-7-14-13(16)11-9-15-12-6-4-3-5-10(11)12/h3-9,15H,2H2,1H3. The van der Waals surface area contributed by atoms with Crippen LogP contribution >= 0.6 is 0 Å². The molecule has 3 heteroatoms. The van der Waals surface area contributed by atoms with Crippen LogP contribution in [0, 0.1) is 0 Å². The van der Waals surface area contributed by atoms with Crippen molar-refractivity contribution >= 4 is 10.9 Å². The normalized spacial score (nSPS) is 11.1. The Balaban J connectivity index is 2.26. The van der Waals surface area contributed by atoms with E-state index in [4.69, 9.17) is 0 Å². The van der Waals surface area contributed by atoms with Crippen LogP contribution in [0.2, 0.25) is 0 Å². The summed E-state index contributed by atoms with van der Waals surface area (Å²) in [7, 11) is 0. The molecule has 3 rings (SSSR count). The Morgan fingerprint density at radius 3 is 3.06 bits per heavy atom. The number of imidazole rings is 1. The van der Waals surface area contributed by atoms with E-state index in [-0.39, 0.29) is 0 Å². The Kier molecular flexibility index (Phi) is 2.03. The molecule has 16 heavy (non-hydrogen) atoms. The molecule has 0 atom stereocenters. The number of nitrogens with zero attached hydrogens (tertiary/aromatic N) is 2. The monoisotopic (exact) mass is 211 g/mol. The molecule has 0 unspecified atom stereocenters. The van der Waals surface area contributed by atoms with Crippen molar-refractivity contribution in [3.63, 3.8) is 0 Å². The molecule has 3 aromatic rings. The molecule has 0 fully saturated rings. The first-order valence-electron chi connectivity index (χ1n) is 5.47. The summed E-state index contributed by atoms with van der Waals surface area (Å²) in [5.74, 6) is 1.03. The number of aromatic nitrogens is 3. The number of fused-ring (bicyclic) bond motifs is 1. The van der Waals surface area contributed by atoms with Crippen LogP contribution in [-0.2, 0) is 6.54 Å². The van der Waals surface area contributed by atoms with Gasteiger partial charge in [0.15, 0.2) is 0 Å². The van der Waals surface area contributed by atoms with Crippen LogP contribution in [0.4, 0.5) is 0 Å². The average molecular weight is 211 g/mol. The summed E-state index contributed by atoms with van der Waals surface area (Å²) < 4.78 is 2.15. The number of hydrogen-bond acceptors (Lipinski definition) is 1. The van der Waals surface area contributed by atoms with E-state index in [1.807, 2.05) is 24.7 Å². The predicted octanol–water partition coefficient (Wildman–Crippen LogP) is 3.05. The third-order valence-electron chi connectivity index (χ3n) is 2.89. The number of nitrogens with one attached hydrogen (secondary N) is 1. The molecule has 2 aromatic heterocycles. The molecular weight excluding hydrogens is 198 g/mol. The molecule has 0 bridgehead atoms. The van der Waals surface area contributed by atoms with Gasteiger partial charge in [-0.1, -0.05) is 18.2 Å². The first-order valence-corrected chi connectivity index (χ1v) is 5.47. The number of H-pyrrole nitrogens is 1. The van der Waals surface area contributed by atoms with Gasteiger partial charge in [0.2, 0.25) is 0 Å². The molecule has 0 spiro atoms. The Bertz CT molecular complexity index is 619. The van der Waals surface area contributed by atoms with E-state index >= 15 is 0 Å². The molecule has 0 saturated carbocycles. The lowest BCUT2D eigenvalue weighted by molar-refractivity contribution is 0.771. The smallest absolute Gasteiger partial charge is 0.142 e. The Hall–Kier alpha value is -2.03. The Morgan fingerprint density at radius 1 is 1.31 bits per heavy atom. The molecule has 1 N–H and O–H groups in total. The molecular formula is C13H13N3. The highest BCUT2D eigenvalue weighted by atomic mass is 15.1. The average Bonchev–Trinajstić information content (AvgIpc) is 2.94. The Morgan fingerprint density at radius 2 is 2.19 bits per heavy atom. The highest BCUT2D eigenvalue weighted by Gasteiger charge is 2.09. The third kappa shape index (κ3) is 1.25. The van der Waals surface area contributed by atoms with Crippen molar-refractivity contribution in [3.05, 3.63) is 42.9 Å². The maximum atomic E-state index is 4.42. The van der Waals surface area contributed by atoms with Gasteiger partial charge in [-0.3, -0.25) is 0 Å². The van der Waals surface area contributed by atoms with Crippen LogP contribution in [0.3, 0.4) is 0 Å². The van der Waals surface area contributed by atoms with Gasteiger partial charge in [0.05, 0.1) is 0 Å². The predicted molar refractivity (Wildman–Crippen MR) is 65.2 cm³/mol. The minimum atomic E-state index is 0.939. The van der Waals surface area contributed by atoms with Crippen LogP contribution in [0.5, 0.6) is 0 Å². The topological polar surface area (TPSA) is 33.6 Å². The zero-order chi connectivity index (χ0) is 11.0. The maximum Gasteiger partial charge on any atom is 0.142 e. The second kappa shape index (κ2) is 3.52. The summed E-state index contributed by atoms with van der Waals surface area (Å²) in [6.45, 7) is 3.06. The molecule has 0 aliphatic heterocycles. The molecule has 0 amide bonds. The van der Waals surface area contributed by atoms with E-state index in [1.54, 1.807) is 0 Å². The van der Waals surface area contributed by atoms with Crippen molar-refractivity contribution in [2.24, 2.45) is 0 Å². The zero-order valence-electron chi connectivity index (χ0n) is 9.14. The van der Waals surface area contributed by atoms with E-state index in [0.29, 0.717) is 0 Å². The highest BCUT2D eigenvalue weighted by Crippen LogP contribution is 2.26. The fourth-order valence-electron chi connectivity index (χ4n) is 2.07. The van der Waals surface area contributed by atoms with Crippen molar-refractivity contribution in [2.45, 2.75) is 13.5 Å². The quantitative estimate of drug-likeness (QED) is 0.694. The number of hydrogen-bond donors (Lipinski definition) is 1. The van der Waals surface area contributed by atoms with Crippen molar-refractivity contribution in [1.29, 1.82) is 0 Å². The third-order valence-corrected chi connectivity index (χ3v) is 2.89. The summed E-state index contributed by atoms with van der Waals surface area (Å²) in [5.41, 5.74) is 2.32. The van der Waals surface area contributed by atoms with Crippen molar-refractivity contribution in [1.82, 2.24) is 14.5 Å². The number of rotatable bonds is 2. The van der Waals surface area contributed by atoms with E-state index in [1.165, 1.54) is 10.9 Å². The molecule has 0 saturated heterocycles. The highest BCUT2D eigenvalue weighted by molar-refractivity contribution is 5.93. The van der Waals surface area contributed by atoms with Crippen LogP contribution in [0.25, 0.3) is 22.3 Å². The summed E-state index contributed by atoms with van der Waals surface area (Å²) >= 11 is 0. The molecule has 3 nitrogen and oxygen atoms in total. The van der Waals surface area contributed by atoms with Gasteiger partial charge in [0, 0.05) is 41.6 Å². The van der Waals surface area contributed by atoms with Crippen molar-refractivity contribution in [3.8, 4) is 11.4 Å². The SMILES string of the molecule is CCn1ccnc1-c1c[nH]c2ccccc12. The van der Waals surface area contributed by atoms with E-state index in [9.17, 15) is 0 Å². The second-order valence-corrected chi connectivity index (χ2v) is 3.78. The molecule has 2 heterocycles. The summed E-state index contributed by atoms with van der Waals surface area (Å²) in [4.78, 5) is 7.70. The minimum Gasteiger partial charge on any atom is -0.360 e. The van der Waals surface area contributed by atoms with Gasteiger partial charge in [-0.05, 0) is 13.0 Å². The Labute approximate surface area is 93.7 Å². The molecule has 0 aliphatic rings. The largest absolute Gasteiger partial charge is 0.360 e. The maximum absolute atomic E-state index is 4.42. The lowest BCUT2D eigenvalue weighted by atomic mass is 10.1. The number of aromatic amines is 1. The number of benzene rings is 1. The molecule has 0 aliphatic carbocycles.